The van der Waals surface area contributed by atoms with Crippen LogP contribution in [0.4, 0.5) is 5.69 Å². The Labute approximate surface area is 149 Å². The van der Waals surface area contributed by atoms with E-state index < -0.39 is 0 Å². The van der Waals surface area contributed by atoms with Crippen LogP contribution in [0.25, 0.3) is 0 Å². The van der Waals surface area contributed by atoms with Crippen molar-refractivity contribution in [2.45, 2.75) is 13.8 Å². The minimum absolute atomic E-state index is 0.254. The number of nitrogens with zero attached hydrogens (tertiary/aromatic N) is 1. The Hall–Kier alpha value is -2.37. The molecule has 2 aromatic rings. The van der Waals surface area contributed by atoms with Crippen LogP contribution in [0.5, 0.6) is 0 Å². The molecule has 0 bridgehead atoms. The predicted octanol–water partition coefficient (Wildman–Crippen LogP) is 4.11. The second kappa shape index (κ2) is 7.95. The Morgan fingerprint density at radius 1 is 1.04 bits per heavy atom. The Morgan fingerprint density at radius 2 is 1.79 bits per heavy atom. The van der Waals surface area contributed by atoms with Gasteiger partial charge in [0.2, 0.25) is 5.91 Å². The van der Waals surface area contributed by atoms with Gasteiger partial charge in [-0.25, -0.2) is 5.43 Å². The molecule has 2 amide bonds. The van der Waals surface area contributed by atoms with Crippen LogP contribution in [0.1, 0.15) is 29.8 Å². The van der Waals surface area contributed by atoms with Crippen molar-refractivity contribution in [2.24, 2.45) is 5.10 Å². The summed E-state index contributed by atoms with van der Waals surface area (Å²) in [6.45, 7) is 3.14. The number of hydrogen-bond donors (Lipinski definition) is 2. The highest BCUT2D eigenvalue weighted by molar-refractivity contribution is 6.37. The molecule has 0 aliphatic rings. The summed E-state index contributed by atoms with van der Waals surface area (Å²) in [7, 11) is 0. The number of hydrazone groups is 1. The van der Waals surface area contributed by atoms with Crippen molar-refractivity contribution in [3.63, 3.8) is 0 Å². The van der Waals surface area contributed by atoms with E-state index in [1.54, 1.807) is 37.3 Å². The molecule has 2 N–H and O–H groups in total. The molecule has 0 atom stereocenters. The first kappa shape index (κ1) is 18.0. The lowest BCUT2D eigenvalue weighted by Gasteiger charge is -2.09. The molecular weight excluding hydrogens is 349 g/mol. The average Bonchev–Trinajstić information content (AvgIpc) is 2.52. The van der Waals surface area contributed by atoms with Crippen LogP contribution in [0.15, 0.2) is 47.6 Å². The predicted molar refractivity (Wildman–Crippen MR) is 96.9 cm³/mol. The van der Waals surface area contributed by atoms with E-state index in [1.807, 2.05) is 6.07 Å². The van der Waals surface area contributed by atoms with Crippen LogP contribution in [0.3, 0.4) is 0 Å². The molecule has 0 unspecified atom stereocenters. The molecule has 24 heavy (non-hydrogen) atoms. The zero-order valence-electron chi connectivity index (χ0n) is 13.1. The third-order valence-corrected chi connectivity index (χ3v) is 3.64. The van der Waals surface area contributed by atoms with E-state index in [9.17, 15) is 9.59 Å². The fourth-order valence-electron chi connectivity index (χ4n) is 1.92. The van der Waals surface area contributed by atoms with Crippen molar-refractivity contribution in [1.29, 1.82) is 0 Å². The number of carbonyl (C=O) groups excluding carboxylic acids is 2. The van der Waals surface area contributed by atoms with E-state index in [0.717, 1.165) is 5.56 Å². The fourth-order valence-corrected chi connectivity index (χ4v) is 2.42. The summed E-state index contributed by atoms with van der Waals surface area (Å²) in [5.41, 5.74) is 4.67. The summed E-state index contributed by atoms with van der Waals surface area (Å²) in [6.07, 6.45) is 0. The number of halogens is 2. The number of carbonyl (C=O) groups is 2. The summed E-state index contributed by atoms with van der Waals surface area (Å²) < 4.78 is 0. The number of rotatable bonds is 4. The van der Waals surface area contributed by atoms with Crippen molar-refractivity contribution in [1.82, 2.24) is 5.43 Å². The van der Waals surface area contributed by atoms with Crippen LogP contribution in [0.2, 0.25) is 10.0 Å². The normalized spacial score (nSPS) is 11.1. The minimum atomic E-state index is -0.342. The van der Waals surface area contributed by atoms with Crippen LogP contribution in [-0.2, 0) is 4.79 Å². The lowest BCUT2D eigenvalue weighted by molar-refractivity contribution is -0.118. The van der Waals surface area contributed by atoms with Crippen LogP contribution in [0, 0.1) is 0 Å². The lowest BCUT2D eigenvalue weighted by atomic mass is 10.1. The molecule has 0 heterocycles. The van der Waals surface area contributed by atoms with Gasteiger partial charge in [0.15, 0.2) is 0 Å². The van der Waals surface area contributed by atoms with Gasteiger partial charge in [0, 0.05) is 17.6 Å². The topological polar surface area (TPSA) is 70.6 Å². The SMILES string of the molecule is CC(=O)N/N=C(\C)c1cccc(NC(=O)c2ccc(Cl)cc2Cl)c1. The first-order valence-corrected chi connectivity index (χ1v) is 7.80. The Kier molecular flexibility index (Phi) is 5.95. The number of anilines is 1. The molecule has 0 aliphatic heterocycles. The molecule has 0 aliphatic carbocycles. The van der Waals surface area contributed by atoms with E-state index >= 15 is 0 Å². The summed E-state index contributed by atoms with van der Waals surface area (Å²) in [5, 5.41) is 7.47. The van der Waals surface area contributed by atoms with Gasteiger partial charge in [-0.15, -0.1) is 0 Å². The molecule has 0 spiro atoms. The van der Waals surface area contributed by atoms with E-state index in [4.69, 9.17) is 23.2 Å². The van der Waals surface area contributed by atoms with Gasteiger partial charge in [0.1, 0.15) is 0 Å². The van der Waals surface area contributed by atoms with Crippen molar-refractivity contribution < 1.29 is 9.59 Å². The highest BCUT2D eigenvalue weighted by atomic mass is 35.5. The second-order valence-corrected chi connectivity index (χ2v) is 5.87. The second-order valence-electron chi connectivity index (χ2n) is 5.02. The Bertz CT molecular complexity index is 819. The van der Waals surface area contributed by atoms with Gasteiger partial charge in [-0.2, -0.15) is 5.10 Å². The van der Waals surface area contributed by atoms with Gasteiger partial charge in [-0.1, -0.05) is 35.3 Å². The van der Waals surface area contributed by atoms with E-state index in [0.29, 0.717) is 22.0 Å². The zero-order valence-corrected chi connectivity index (χ0v) is 14.6. The summed E-state index contributed by atoms with van der Waals surface area (Å²) >= 11 is 11.9. The molecule has 2 rings (SSSR count). The standard InChI is InChI=1S/C17H15Cl2N3O2/c1-10(21-22-11(2)23)12-4-3-5-14(8-12)20-17(24)15-7-6-13(18)9-16(15)19/h3-9H,1-2H3,(H,20,24)(H,22,23)/b21-10+. The van der Waals surface area contributed by atoms with Gasteiger partial charge < -0.3 is 5.32 Å². The molecular formula is C17H15Cl2N3O2. The number of benzene rings is 2. The minimum Gasteiger partial charge on any atom is -0.322 e. The van der Waals surface area contributed by atoms with Gasteiger partial charge in [0.25, 0.3) is 5.91 Å². The quantitative estimate of drug-likeness (QED) is 0.633. The number of nitrogens with one attached hydrogen (secondary N) is 2. The summed E-state index contributed by atoms with van der Waals surface area (Å²) in [4.78, 5) is 23.2. The monoisotopic (exact) mass is 363 g/mol. The van der Waals surface area contributed by atoms with Gasteiger partial charge in [-0.3, -0.25) is 9.59 Å². The number of hydrogen-bond acceptors (Lipinski definition) is 3. The van der Waals surface area contributed by atoms with Crippen molar-refractivity contribution in [3.8, 4) is 0 Å². The van der Waals surface area contributed by atoms with Crippen molar-refractivity contribution >= 4 is 46.4 Å². The largest absolute Gasteiger partial charge is 0.322 e. The maximum Gasteiger partial charge on any atom is 0.257 e. The van der Waals surface area contributed by atoms with Gasteiger partial charge in [-0.05, 0) is 42.8 Å². The molecule has 0 radical (unpaired) electrons. The van der Waals surface area contributed by atoms with Crippen LogP contribution < -0.4 is 10.7 Å². The van der Waals surface area contributed by atoms with Gasteiger partial charge >= 0.3 is 0 Å². The maximum absolute atomic E-state index is 12.3. The molecule has 7 heteroatoms. The molecule has 2 aromatic carbocycles. The van der Waals surface area contributed by atoms with E-state index in [-0.39, 0.29) is 16.8 Å². The summed E-state index contributed by atoms with van der Waals surface area (Å²) in [5.74, 6) is -0.596. The Morgan fingerprint density at radius 3 is 2.46 bits per heavy atom. The highest BCUT2D eigenvalue weighted by Gasteiger charge is 2.11. The average molecular weight is 364 g/mol. The lowest BCUT2D eigenvalue weighted by Crippen LogP contribution is -2.15. The molecule has 0 saturated carbocycles. The Balaban J connectivity index is 2.18. The maximum atomic E-state index is 12.3. The van der Waals surface area contributed by atoms with Crippen LogP contribution in [-0.4, -0.2) is 17.5 Å². The molecule has 0 aromatic heterocycles. The fraction of sp³-hybridized carbons (Fsp3) is 0.118. The van der Waals surface area contributed by atoms with Crippen molar-refractivity contribution in [3.05, 3.63) is 63.6 Å². The molecule has 0 saturated heterocycles. The van der Waals surface area contributed by atoms with E-state index in [1.165, 1.54) is 13.0 Å². The first-order chi connectivity index (χ1) is 11.4. The van der Waals surface area contributed by atoms with Crippen molar-refractivity contribution in [2.75, 3.05) is 5.32 Å². The third kappa shape index (κ3) is 4.81. The zero-order chi connectivity index (χ0) is 17.7. The molecule has 0 fully saturated rings. The smallest absolute Gasteiger partial charge is 0.257 e. The highest BCUT2D eigenvalue weighted by Crippen LogP contribution is 2.22. The molecule has 124 valence electrons. The van der Waals surface area contributed by atoms with Gasteiger partial charge in [0.05, 0.1) is 16.3 Å². The first-order valence-electron chi connectivity index (χ1n) is 7.04. The third-order valence-electron chi connectivity index (χ3n) is 3.10. The van der Waals surface area contributed by atoms with E-state index in [2.05, 4.69) is 15.8 Å². The number of amides is 2. The summed E-state index contributed by atoms with van der Waals surface area (Å²) in [6, 6.07) is 11.8. The molecule has 5 nitrogen and oxygen atoms in total. The van der Waals surface area contributed by atoms with Crippen LogP contribution >= 0.6 is 23.2 Å².